The number of hydrogen-bond acceptors (Lipinski definition) is 5. The molecule has 3 heterocycles. The Morgan fingerprint density at radius 2 is 1.33 bits per heavy atom. The van der Waals surface area contributed by atoms with Gasteiger partial charge in [0.1, 0.15) is 16.8 Å². The molecule has 8 rings (SSSR count). The summed E-state index contributed by atoms with van der Waals surface area (Å²) in [6, 6.07) is 34.3. The molecule has 0 aliphatic heterocycles. The third-order valence-corrected chi connectivity index (χ3v) is 8.22. The molecule has 5 heteroatoms. The van der Waals surface area contributed by atoms with Crippen LogP contribution in [-0.4, -0.2) is 15.1 Å². The Labute approximate surface area is 248 Å². The van der Waals surface area contributed by atoms with E-state index in [2.05, 4.69) is 75.4 Å². The van der Waals surface area contributed by atoms with Crippen molar-refractivity contribution >= 4 is 43.9 Å². The minimum Gasteiger partial charge on any atom is -0.507 e. The molecular weight excluding hydrogens is 532 g/mol. The maximum absolute atomic E-state index is 10.4. The van der Waals surface area contributed by atoms with Gasteiger partial charge in [-0.05, 0) is 64.6 Å². The number of pyridine rings is 1. The number of benzene rings is 5. The topological polar surface area (TPSA) is 72.3 Å². The number of fused-ring (bicyclic) bond motifs is 6. The molecule has 0 aliphatic rings. The van der Waals surface area contributed by atoms with Crippen LogP contribution in [0.5, 0.6) is 5.75 Å². The van der Waals surface area contributed by atoms with Gasteiger partial charge in [0.05, 0.1) is 17.3 Å². The lowest BCUT2D eigenvalue weighted by atomic mass is 9.83. The fraction of sp³-hybridized carbons (Fsp3) is 0.105. The monoisotopic (exact) mass is 560 g/mol. The largest absolute Gasteiger partial charge is 0.507 e. The molecule has 5 nitrogen and oxygen atoms in total. The lowest BCUT2D eigenvalue weighted by Crippen LogP contribution is -2.11. The van der Waals surface area contributed by atoms with E-state index in [9.17, 15) is 5.11 Å². The Kier molecular flexibility index (Phi) is 5.47. The van der Waals surface area contributed by atoms with Crippen LogP contribution < -0.4 is 0 Å². The lowest BCUT2D eigenvalue weighted by Gasteiger charge is -2.21. The lowest BCUT2D eigenvalue weighted by molar-refractivity contribution is 0.474. The predicted molar refractivity (Wildman–Crippen MR) is 173 cm³/mol. The van der Waals surface area contributed by atoms with Gasteiger partial charge in [0, 0.05) is 27.3 Å². The van der Waals surface area contributed by atoms with Crippen LogP contribution >= 0.6 is 0 Å². The second kappa shape index (κ2) is 9.30. The van der Waals surface area contributed by atoms with Crippen LogP contribution in [-0.2, 0) is 5.41 Å². The number of para-hydroxylation sites is 3. The van der Waals surface area contributed by atoms with Gasteiger partial charge in [0.25, 0.3) is 0 Å². The summed E-state index contributed by atoms with van der Waals surface area (Å²) in [6.45, 7) is 6.72. The second-order valence-electron chi connectivity index (χ2n) is 12.0. The second-order valence-corrected chi connectivity index (χ2v) is 12.0. The first-order valence-corrected chi connectivity index (χ1v) is 14.4. The normalized spacial score (nSPS) is 12.2. The van der Waals surface area contributed by atoms with Gasteiger partial charge in [-0.15, -0.1) is 0 Å². The molecular formula is C38H28N2O3. The first kappa shape index (κ1) is 25.3. The summed E-state index contributed by atoms with van der Waals surface area (Å²) in [7, 11) is 0. The SMILES string of the molecule is CC(C)(C)c1cc(-c2cccc(-c3cccc4oc(-c5ccccc5O)nc34)c2)c2ncc3oc4ccccc4c3c2c1. The van der Waals surface area contributed by atoms with E-state index in [-0.39, 0.29) is 11.2 Å². The molecule has 0 unspecified atom stereocenters. The van der Waals surface area contributed by atoms with Crippen molar-refractivity contribution in [2.24, 2.45) is 0 Å². The van der Waals surface area contributed by atoms with E-state index >= 15 is 0 Å². The van der Waals surface area contributed by atoms with Crippen molar-refractivity contribution in [2.75, 3.05) is 0 Å². The van der Waals surface area contributed by atoms with E-state index < -0.39 is 0 Å². The van der Waals surface area contributed by atoms with Crippen molar-refractivity contribution in [3.05, 3.63) is 115 Å². The number of aromatic hydroxyl groups is 1. The molecule has 0 fully saturated rings. The fourth-order valence-corrected chi connectivity index (χ4v) is 5.98. The maximum atomic E-state index is 10.4. The van der Waals surface area contributed by atoms with Crippen LogP contribution in [0, 0.1) is 0 Å². The van der Waals surface area contributed by atoms with E-state index in [4.69, 9.17) is 18.8 Å². The highest BCUT2D eigenvalue weighted by atomic mass is 16.4. The molecule has 43 heavy (non-hydrogen) atoms. The van der Waals surface area contributed by atoms with Gasteiger partial charge in [-0.2, -0.15) is 0 Å². The molecule has 0 saturated carbocycles. The molecule has 0 radical (unpaired) electrons. The zero-order chi connectivity index (χ0) is 29.3. The third kappa shape index (κ3) is 4.08. The van der Waals surface area contributed by atoms with Crippen LogP contribution in [0.15, 0.2) is 118 Å². The smallest absolute Gasteiger partial charge is 0.231 e. The van der Waals surface area contributed by atoms with Crippen molar-refractivity contribution in [3.8, 4) is 39.5 Å². The van der Waals surface area contributed by atoms with Crippen molar-refractivity contribution in [1.82, 2.24) is 9.97 Å². The Bertz CT molecular complexity index is 2350. The summed E-state index contributed by atoms with van der Waals surface area (Å²) >= 11 is 0. The van der Waals surface area contributed by atoms with Gasteiger partial charge in [-0.3, -0.25) is 4.98 Å². The molecule has 0 atom stereocenters. The van der Waals surface area contributed by atoms with E-state index in [0.717, 1.165) is 60.6 Å². The van der Waals surface area contributed by atoms with Gasteiger partial charge in [-0.1, -0.05) is 81.4 Å². The van der Waals surface area contributed by atoms with Crippen molar-refractivity contribution < 1.29 is 13.9 Å². The standard InChI is InChI=1S/C38H28N2O3/c1-38(2,3)24-19-28(35-29(20-24)34-27-13-5-7-16-31(27)42-33(34)21-39-35)23-11-8-10-22(18-23)25-14-9-17-32-36(25)40-37(43-32)26-12-4-6-15-30(26)41/h4-21,41H,1-3H3. The Morgan fingerprint density at radius 1 is 0.605 bits per heavy atom. The molecule has 0 bridgehead atoms. The molecule has 5 aromatic carbocycles. The predicted octanol–water partition coefficient (Wildman–Crippen LogP) is 10.3. The Hall–Kier alpha value is -5.42. The molecule has 0 aliphatic carbocycles. The summed E-state index contributed by atoms with van der Waals surface area (Å²) in [4.78, 5) is 9.78. The van der Waals surface area contributed by atoms with Crippen LogP contribution in [0.2, 0.25) is 0 Å². The van der Waals surface area contributed by atoms with Crippen LogP contribution in [0.25, 0.3) is 77.6 Å². The summed E-state index contributed by atoms with van der Waals surface area (Å²) < 4.78 is 12.3. The minimum atomic E-state index is -0.0754. The molecule has 0 spiro atoms. The number of phenols is 1. The zero-order valence-electron chi connectivity index (χ0n) is 24.1. The number of furan rings is 1. The summed E-state index contributed by atoms with van der Waals surface area (Å²) in [6.07, 6.45) is 1.85. The average Bonchev–Trinajstić information content (AvgIpc) is 3.62. The fourth-order valence-electron chi connectivity index (χ4n) is 5.98. The molecule has 208 valence electrons. The molecule has 0 amide bonds. The summed E-state index contributed by atoms with van der Waals surface area (Å²) in [5.41, 5.74) is 9.82. The highest BCUT2D eigenvalue weighted by Gasteiger charge is 2.21. The maximum Gasteiger partial charge on any atom is 0.231 e. The first-order valence-electron chi connectivity index (χ1n) is 14.4. The first-order chi connectivity index (χ1) is 20.8. The van der Waals surface area contributed by atoms with Gasteiger partial charge in [0.15, 0.2) is 11.2 Å². The van der Waals surface area contributed by atoms with E-state index in [1.54, 1.807) is 18.2 Å². The molecule has 3 aromatic heterocycles. The Morgan fingerprint density at radius 3 is 2.16 bits per heavy atom. The van der Waals surface area contributed by atoms with Gasteiger partial charge in [-0.25, -0.2) is 4.98 Å². The molecule has 1 N–H and O–H groups in total. The van der Waals surface area contributed by atoms with Crippen LogP contribution in [0.4, 0.5) is 0 Å². The number of phenolic OH excluding ortho intramolecular Hbond substituents is 1. The van der Waals surface area contributed by atoms with Crippen LogP contribution in [0.1, 0.15) is 26.3 Å². The van der Waals surface area contributed by atoms with Crippen molar-refractivity contribution in [3.63, 3.8) is 0 Å². The van der Waals surface area contributed by atoms with Crippen LogP contribution in [0.3, 0.4) is 0 Å². The van der Waals surface area contributed by atoms with Gasteiger partial charge < -0.3 is 13.9 Å². The molecule has 8 aromatic rings. The van der Waals surface area contributed by atoms with Crippen molar-refractivity contribution in [2.45, 2.75) is 26.2 Å². The highest BCUT2D eigenvalue weighted by molar-refractivity contribution is 6.19. The van der Waals surface area contributed by atoms with E-state index in [1.165, 1.54) is 5.56 Å². The highest BCUT2D eigenvalue weighted by Crippen LogP contribution is 2.41. The zero-order valence-corrected chi connectivity index (χ0v) is 24.1. The summed E-state index contributed by atoms with van der Waals surface area (Å²) in [5.74, 6) is 0.524. The quantitative estimate of drug-likeness (QED) is 0.233. The minimum absolute atomic E-state index is 0.0754. The Balaban J connectivity index is 1.35. The molecule has 0 saturated heterocycles. The van der Waals surface area contributed by atoms with Crippen molar-refractivity contribution in [1.29, 1.82) is 0 Å². The summed E-state index contributed by atoms with van der Waals surface area (Å²) in [5, 5.41) is 13.7. The van der Waals surface area contributed by atoms with E-state index in [1.807, 2.05) is 36.5 Å². The van der Waals surface area contributed by atoms with Gasteiger partial charge >= 0.3 is 0 Å². The van der Waals surface area contributed by atoms with E-state index in [0.29, 0.717) is 17.0 Å². The average molecular weight is 561 g/mol. The number of aromatic nitrogens is 2. The number of rotatable bonds is 3. The number of oxazole rings is 1. The third-order valence-electron chi connectivity index (χ3n) is 8.22. The van der Waals surface area contributed by atoms with Gasteiger partial charge in [0.2, 0.25) is 5.89 Å². The number of hydrogen-bond donors (Lipinski definition) is 1. The number of nitrogens with zero attached hydrogens (tertiary/aromatic N) is 2.